The van der Waals surface area contributed by atoms with E-state index in [4.69, 9.17) is 14.2 Å². The van der Waals surface area contributed by atoms with Gasteiger partial charge in [0.25, 0.3) is 0 Å². The number of ether oxygens (including phenoxy) is 3. The standard InChI is InChI=1S/C22H24N2O5/c1-15-19(21(25)28-13-12-27-2)20(24-22(26)23-15)17-10-6-7-11-18(17)29-14-16-8-4-3-5-9-16/h3-11,20H,12-14H2,1-2H3,(H2,23,24,26)/t20-/m1/s1. The van der Waals surface area contributed by atoms with Gasteiger partial charge in [-0.1, -0.05) is 48.5 Å². The van der Waals surface area contributed by atoms with Gasteiger partial charge in [0.2, 0.25) is 0 Å². The van der Waals surface area contributed by atoms with E-state index in [9.17, 15) is 9.59 Å². The van der Waals surface area contributed by atoms with E-state index in [1.807, 2.05) is 54.6 Å². The predicted molar refractivity (Wildman–Crippen MR) is 107 cm³/mol. The molecular weight excluding hydrogens is 372 g/mol. The minimum absolute atomic E-state index is 0.124. The SMILES string of the molecule is COCCOC(=O)C1=C(C)NC(=O)N[C@@H]1c1ccccc1OCc1ccccc1. The maximum absolute atomic E-state index is 12.7. The largest absolute Gasteiger partial charge is 0.489 e. The average Bonchev–Trinajstić information content (AvgIpc) is 2.72. The number of hydrogen-bond acceptors (Lipinski definition) is 5. The molecule has 0 aromatic heterocycles. The van der Waals surface area contributed by atoms with Gasteiger partial charge in [-0.3, -0.25) is 0 Å². The van der Waals surface area contributed by atoms with Gasteiger partial charge >= 0.3 is 12.0 Å². The quantitative estimate of drug-likeness (QED) is 0.529. The highest BCUT2D eigenvalue weighted by molar-refractivity contribution is 5.95. The zero-order valence-corrected chi connectivity index (χ0v) is 16.4. The van der Waals surface area contributed by atoms with Gasteiger partial charge in [-0.05, 0) is 18.6 Å². The highest BCUT2D eigenvalue weighted by Gasteiger charge is 2.33. The molecule has 0 fully saturated rings. The highest BCUT2D eigenvalue weighted by Crippen LogP contribution is 2.33. The van der Waals surface area contributed by atoms with Crippen LogP contribution in [0.5, 0.6) is 5.75 Å². The Morgan fingerprint density at radius 3 is 2.52 bits per heavy atom. The first kappa shape index (κ1) is 20.4. The van der Waals surface area contributed by atoms with E-state index in [1.165, 1.54) is 7.11 Å². The Labute approximate surface area is 169 Å². The summed E-state index contributed by atoms with van der Waals surface area (Å²) in [5.41, 5.74) is 2.47. The maximum Gasteiger partial charge on any atom is 0.338 e. The molecule has 1 heterocycles. The molecule has 2 aromatic carbocycles. The Balaban J connectivity index is 1.87. The Hall–Kier alpha value is -3.32. The molecule has 2 aromatic rings. The third-order valence-electron chi connectivity index (χ3n) is 4.48. The Morgan fingerprint density at radius 1 is 1.03 bits per heavy atom. The van der Waals surface area contributed by atoms with E-state index in [2.05, 4.69) is 10.6 Å². The number of amides is 2. The number of methoxy groups -OCH3 is 1. The van der Waals surface area contributed by atoms with Gasteiger partial charge < -0.3 is 24.8 Å². The molecule has 152 valence electrons. The fraction of sp³-hybridized carbons (Fsp3) is 0.273. The minimum atomic E-state index is -0.689. The average molecular weight is 396 g/mol. The third kappa shape index (κ3) is 5.14. The van der Waals surface area contributed by atoms with Crippen molar-refractivity contribution in [3.8, 4) is 5.75 Å². The molecule has 2 amide bonds. The number of hydrogen-bond donors (Lipinski definition) is 2. The lowest BCUT2D eigenvalue weighted by molar-refractivity contribution is -0.140. The smallest absolute Gasteiger partial charge is 0.338 e. The van der Waals surface area contributed by atoms with Crippen molar-refractivity contribution in [1.82, 2.24) is 10.6 Å². The van der Waals surface area contributed by atoms with Crippen LogP contribution in [0.4, 0.5) is 4.79 Å². The van der Waals surface area contributed by atoms with Gasteiger partial charge in [0.1, 0.15) is 19.0 Å². The van der Waals surface area contributed by atoms with Crippen molar-refractivity contribution in [2.24, 2.45) is 0 Å². The first-order valence-electron chi connectivity index (χ1n) is 9.30. The third-order valence-corrected chi connectivity index (χ3v) is 4.48. The van der Waals surface area contributed by atoms with Gasteiger partial charge in [-0.25, -0.2) is 9.59 Å². The van der Waals surface area contributed by atoms with Crippen molar-refractivity contribution in [2.45, 2.75) is 19.6 Å². The second-order valence-electron chi connectivity index (χ2n) is 6.51. The topological polar surface area (TPSA) is 85.9 Å². The molecular formula is C22H24N2O5. The zero-order valence-electron chi connectivity index (χ0n) is 16.4. The van der Waals surface area contributed by atoms with Crippen LogP contribution in [0.1, 0.15) is 24.1 Å². The van der Waals surface area contributed by atoms with E-state index in [0.717, 1.165) is 5.56 Å². The summed E-state index contributed by atoms with van der Waals surface area (Å²) in [5.74, 6) is 0.0634. The summed E-state index contributed by atoms with van der Waals surface area (Å²) < 4.78 is 16.2. The zero-order chi connectivity index (χ0) is 20.6. The van der Waals surface area contributed by atoms with E-state index in [-0.39, 0.29) is 12.6 Å². The van der Waals surface area contributed by atoms with Gasteiger partial charge in [0, 0.05) is 18.4 Å². The molecule has 7 heteroatoms. The molecule has 0 bridgehead atoms. The van der Waals surface area contributed by atoms with E-state index >= 15 is 0 Å². The van der Waals surface area contributed by atoms with Gasteiger partial charge in [0.05, 0.1) is 18.2 Å². The van der Waals surface area contributed by atoms with Crippen LogP contribution in [0.15, 0.2) is 65.9 Å². The normalized spacial score (nSPS) is 16.1. The van der Waals surface area contributed by atoms with Crippen molar-refractivity contribution in [3.05, 3.63) is 77.0 Å². The Kier molecular flexibility index (Phi) is 6.86. The lowest BCUT2D eigenvalue weighted by Gasteiger charge is -2.29. The van der Waals surface area contributed by atoms with Crippen LogP contribution in [-0.2, 0) is 20.9 Å². The molecule has 0 spiro atoms. The summed E-state index contributed by atoms with van der Waals surface area (Å²) in [5, 5.41) is 5.44. The van der Waals surface area contributed by atoms with Crippen LogP contribution >= 0.6 is 0 Å². The molecule has 0 saturated heterocycles. The fourth-order valence-corrected chi connectivity index (χ4v) is 3.08. The number of rotatable bonds is 8. The van der Waals surface area contributed by atoms with Crippen LogP contribution in [-0.4, -0.2) is 32.3 Å². The lowest BCUT2D eigenvalue weighted by Crippen LogP contribution is -2.45. The molecule has 0 aliphatic carbocycles. The number of nitrogens with one attached hydrogen (secondary N) is 2. The first-order valence-corrected chi connectivity index (χ1v) is 9.30. The van der Waals surface area contributed by atoms with E-state index in [1.54, 1.807) is 6.92 Å². The number of urea groups is 1. The molecule has 0 unspecified atom stereocenters. The summed E-state index contributed by atoms with van der Waals surface area (Å²) in [7, 11) is 1.53. The van der Waals surface area contributed by atoms with Crippen LogP contribution in [0.25, 0.3) is 0 Å². The van der Waals surface area contributed by atoms with Gasteiger partial charge in [0.15, 0.2) is 0 Å². The van der Waals surface area contributed by atoms with Crippen LogP contribution in [0.2, 0.25) is 0 Å². The van der Waals surface area contributed by atoms with E-state index < -0.39 is 12.0 Å². The number of carbonyl (C=O) groups is 2. The molecule has 2 N–H and O–H groups in total. The molecule has 1 aliphatic heterocycles. The number of esters is 1. The van der Waals surface area contributed by atoms with Gasteiger partial charge in [-0.2, -0.15) is 0 Å². The lowest BCUT2D eigenvalue weighted by atomic mass is 9.95. The molecule has 3 rings (SSSR count). The summed E-state index contributed by atoms with van der Waals surface area (Å²) in [6, 6.07) is 16.0. The second-order valence-corrected chi connectivity index (χ2v) is 6.51. The molecule has 0 saturated carbocycles. The second kappa shape index (κ2) is 9.75. The monoisotopic (exact) mass is 396 g/mol. The summed E-state index contributed by atoms with van der Waals surface area (Å²) in [6.07, 6.45) is 0. The van der Waals surface area contributed by atoms with Crippen LogP contribution in [0, 0.1) is 0 Å². The summed E-state index contributed by atoms with van der Waals surface area (Å²) in [4.78, 5) is 24.8. The van der Waals surface area contributed by atoms with Crippen LogP contribution < -0.4 is 15.4 Å². The molecule has 0 radical (unpaired) electrons. The highest BCUT2D eigenvalue weighted by atomic mass is 16.6. The van der Waals surface area contributed by atoms with Crippen molar-refractivity contribution in [2.75, 3.05) is 20.3 Å². The summed E-state index contributed by atoms with van der Waals surface area (Å²) >= 11 is 0. The summed E-state index contributed by atoms with van der Waals surface area (Å²) in [6.45, 7) is 2.46. The van der Waals surface area contributed by atoms with E-state index in [0.29, 0.717) is 35.8 Å². The van der Waals surface area contributed by atoms with Gasteiger partial charge in [-0.15, -0.1) is 0 Å². The van der Waals surface area contributed by atoms with Crippen molar-refractivity contribution >= 4 is 12.0 Å². The van der Waals surface area contributed by atoms with Crippen molar-refractivity contribution < 1.29 is 23.8 Å². The molecule has 1 aliphatic rings. The van der Waals surface area contributed by atoms with Crippen molar-refractivity contribution in [1.29, 1.82) is 0 Å². The molecule has 7 nitrogen and oxygen atoms in total. The number of para-hydroxylation sites is 1. The number of carbonyl (C=O) groups excluding carboxylic acids is 2. The van der Waals surface area contributed by atoms with Crippen molar-refractivity contribution in [3.63, 3.8) is 0 Å². The fourth-order valence-electron chi connectivity index (χ4n) is 3.08. The first-order chi connectivity index (χ1) is 14.1. The maximum atomic E-state index is 12.7. The Bertz CT molecular complexity index is 895. The predicted octanol–water partition coefficient (Wildman–Crippen LogP) is 3.08. The number of benzene rings is 2. The van der Waals surface area contributed by atoms with Crippen LogP contribution in [0.3, 0.4) is 0 Å². The molecule has 29 heavy (non-hydrogen) atoms. The molecule has 1 atom stereocenters. The Morgan fingerprint density at radius 2 is 1.76 bits per heavy atom. The minimum Gasteiger partial charge on any atom is -0.489 e. The number of allylic oxidation sites excluding steroid dienone is 1.